The molecule has 0 aromatic heterocycles. The summed E-state index contributed by atoms with van der Waals surface area (Å²) in [7, 11) is 4.34. The van der Waals surface area contributed by atoms with E-state index in [9.17, 15) is 0 Å². The minimum absolute atomic E-state index is 0.402. The van der Waals surface area contributed by atoms with Crippen molar-refractivity contribution in [1.82, 2.24) is 15.1 Å². The van der Waals surface area contributed by atoms with Gasteiger partial charge in [-0.15, -0.1) is 0 Å². The summed E-state index contributed by atoms with van der Waals surface area (Å²) >= 11 is 0. The van der Waals surface area contributed by atoms with Gasteiger partial charge < -0.3 is 5.32 Å². The van der Waals surface area contributed by atoms with Gasteiger partial charge in [0.05, 0.1) is 0 Å². The van der Waals surface area contributed by atoms with Crippen molar-refractivity contribution in [1.29, 1.82) is 0 Å². The lowest BCUT2D eigenvalue weighted by Gasteiger charge is -2.47. The fraction of sp³-hybridized carbons (Fsp3) is 0.667. The number of hydrogen-bond donors (Lipinski definition) is 1. The van der Waals surface area contributed by atoms with Gasteiger partial charge in [0.25, 0.3) is 0 Å². The molecule has 3 nitrogen and oxygen atoms in total. The van der Waals surface area contributed by atoms with Gasteiger partial charge in [0.15, 0.2) is 0 Å². The predicted molar refractivity (Wildman–Crippen MR) is 90.6 cm³/mol. The highest BCUT2D eigenvalue weighted by Gasteiger charge is 2.33. The number of rotatable bonds is 5. The summed E-state index contributed by atoms with van der Waals surface area (Å²) < 4.78 is 0. The normalized spacial score (nSPS) is 27.5. The van der Waals surface area contributed by atoms with Crippen molar-refractivity contribution in [3.05, 3.63) is 35.9 Å². The Morgan fingerprint density at radius 1 is 1.14 bits per heavy atom. The topological polar surface area (TPSA) is 18.5 Å². The van der Waals surface area contributed by atoms with Gasteiger partial charge in [-0.3, -0.25) is 9.80 Å². The van der Waals surface area contributed by atoms with E-state index >= 15 is 0 Å². The van der Waals surface area contributed by atoms with Gasteiger partial charge in [0, 0.05) is 37.3 Å². The maximum Gasteiger partial charge on any atom is 0.0475 e. The van der Waals surface area contributed by atoms with Crippen LogP contribution in [-0.4, -0.2) is 55.1 Å². The molecular formula is C18H31N3. The third-order valence-electron chi connectivity index (χ3n) is 5.13. The number of likely N-dealkylation sites (N-methyl/N-ethyl adjacent to an activating group) is 2. The van der Waals surface area contributed by atoms with Gasteiger partial charge in [0.1, 0.15) is 0 Å². The van der Waals surface area contributed by atoms with E-state index in [2.05, 4.69) is 80.3 Å². The molecule has 0 spiro atoms. The van der Waals surface area contributed by atoms with Gasteiger partial charge in [-0.05, 0) is 39.9 Å². The molecule has 21 heavy (non-hydrogen) atoms. The maximum absolute atomic E-state index is 3.55. The molecule has 1 heterocycles. The molecule has 3 heteroatoms. The van der Waals surface area contributed by atoms with E-state index < -0.39 is 0 Å². The SMILES string of the molecule is CCC(C(NC)c1ccccc1)N1CC(C)N(C)C(C)C1. The van der Waals surface area contributed by atoms with Crippen molar-refractivity contribution in [2.75, 3.05) is 27.2 Å². The summed E-state index contributed by atoms with van der Waals surface area (Å²) in [6.45, 7) is 9.30. The van der Waals surface area contributed by atoms with Crippen molar-refractivity contribution in [3.8, 4) is 0 Å². The van der Waals surface area contributed by atoms with Crippen LogP contribution in [0.1, 0.15) is 38.8 Å². The monoisotopic (exact) mass is 289 g/mol. The highest BCUT2D eigenvalue weighted by Crippen LogP contribution is 2.26. The number of nitrogens with zero attached hydrogens (tertiary/aromatic N) is 2. The lowest BCUT2D eigenvalue weighted by Crippen LogP contribution is -2.59. The van der Waals surface area contributed by atoms with Gasteiger partial charge >= 0.3 is 0 Å². The molecule has 0 amide bonds. The molecule has 1 aliphatic rings. The molecular weight excluding hydrogens is 258 g/mol. The number of piperazine rings is 1. The maximum atomic E-state index is 3.55. The average Bonchev–Trinajstić information content (AvgIpc) is 2.50. The third kappa shape index (κ3) is 3.65. The second kappa shape index (κ2) is 7.39. The minimum Gasteiger partial charge on any atom is -0.312 e. The first-order valence-electron chi connectivity index (χ1n) is 8.26. The Kier molecular flexibility index (Phi) is 5.80. The molecule has 0 bridgehead atoms. The van der Waals surface area contributed by atoms with E-state index in [1.165, 1.54) is 12.0 Å². The van der Waals surface area contributed by atoms with Crippen LogP contribution in [0.25, 0.3) is 0 Å². The van der Waals surface area contributed by atoms with Gasteiger partial charge in [-0.2, -0.15) is 0 Å². The van der Waals surface area contributed by atoms with Crippen LogP contribution in [0.15, 0.2) is 30.3 Å². The van der Waals surface area contributed by atoms with E-state index in [1.54, 1.807) is 0 Å². The number of nitrogens with one attached hydrogen (secondary N) is 1. The summed E-state index contributed by atoms with van der Waals surface area (Å²) in [6.07, 6.45) is 1.17. The van der Waals surface area contributed by atoms with Gasteiger partial charge in [-0.25, -0.2) is 0 Å². The zero-order valence-corrected chi connectivity index (χ0v) is 14.2. The summed E-state index contributed by atoms with van der Waals surface area (Å²) in [5.74, 6) is 0. The molecule has 0 radical (unpaired) electrons. The molecule has 0 aliphatic carbocycles. The van der Waals surface area contributed by atoms with Crippen LogP contribution in [0.4, 0.5) is 0 Å². The highest BCUT2D eigenvalue weighted by atomic mass is 15.3. The van der Waals surface area contributed by atoms with Crippen molar-refractivity contribution in [2.45, 2.75) is 51.4 Å². The largest absolute Gasteiger partial charge is 0.312 e. The molecule has 4 unspecified atom stereocenters. The molecule has 1 aliphatic heterocycles. The van der Waals surface area contributed by atoms with Crippen LogP contribution >= 0.6 is 0 Å². The second-order valence-corrected chi connectivity index (χ2v) is 6.47. The highest BCUT2D eigenvalue weighted by molar-refractivity contribution is 5.20. The van der Waals surface area contributed by atoms with Crippen LogP contribution in [0.3, 0.4) is 0 Å². The summed E-state index contributed by atoms with van der Waals surface area (Å²) in [4.78, 5) is 5.18. The summed E-state index contributed by atoms with van der Waals surface area (Å²) in [6, 6.07) is 13.1. The fourth-order valence-corrected chi connectivity index (χ4v) is 3.66. The Bertz CT molecular complexity index is 408. The molecule has 1 aromatic carbocycles. The van der Waals surface area contributed by atoms with Crippen molar-refractivity contribution < 1.29 is 0 Å². The molecule has 0 saturated carbocycles. The average molecular weight is 289 g/mol. The molecule has 2 rings (SSSR count). The summed E-state index contributed by atoms with van der Waals surface area (Å²) in [5.41, 5.74) is 1.39. The number of hydrogen-bond acceptors (Lipinski definition) is 3. The van der Waals surface area contributed by atoms with Crippen molar-refractivity contribution in [2.24, 2.45) is 0 Å². The van der Waals surface area contributed by atoms with Crippen LogP contribution in [0.5, 0.6) is 0 Å². The van der Waals surface area contributed by atoms with Crippen LogP contribution in [0, 0.1) is 0 Å². The first-order chi connectivity index (χ1) is 10.1. The zero-order chi connectivity index (χ0) is 15.4. The molecule has 1 N–H and O–H groups in total. The Hall–Kier alpha value is -0.900. The van der Waals surface area contributed by atoms with E-state index in [0.717, 1.165) is 13.1 Å². The van der Waals surface area contributed by atoms with Crippen molar-refractivity contribution in [3.63, 3.8) is 0 Å². The van der Waals surface area contributed by atoms with E-state index in [1.807, 2.05) is 0 Å². The third-order valence-corrected chi connectivity index (χ3v) is 5.13. The Morgan fingerprint density at radius 3 is 2.19 bits per heavy atom. The quantitative estimate of drug-likeness (QED) is 0.899. The lowest BCUT2D eigenvalue weighted by molar-refractivity contribution is 0.0218. The van der Waals surface area contributed by atoms with Crippen LogP contribution < -0.4 is 5.32 Å². The first kappa shape index (κ1) is 16.5. The zero-order valence-electron chi connectivity index (χ0n) is 14.2. The first-order valence-corrected chi connectivity index (χ1v) is 8.26. The van der Waals surface area contributed by atoms with E-state index in [4.69, 9.17) is 0 Å². The molecule has 4 atom stereocenters. The van der Waals surface area contributed by atoms with Crippen molar-refractivity contribution >= 4 is 0 Å². The van der Waals surface area contributed by atoms with E-state index in [0.29, 0.717) is 24.2 Å². The van der Waals surface area contributed by atoms with Crippen LogP contribution in [-0.2, 0) is 0 Å². The van der Waals surface area contributed by atoms with Crippen LogP contribution in [0.2, 0.25) is 0 Å². The van der Waals surface area contributed by atoms with E-state index in [-0.39, 0.29) is 0 Å². The Labute approximate surface area is 130 Å². The van der Waals surface area contributed by atoms with Gasteiger partial charge in [0.2, 0.25) is 0 Å². The fourth-order valence-electron chi connectivity index (χ4n) is 3.66. The minimum atomic E-state index is 0.402. The Morgan fingerprint density at radius 2 is 1.71 bits per heavy atom. The lowest BCUT2D eigenvalue weighted by atomic mass is 9.94. The molecule has 1 saturated heterocycles. The smallest absolute Gasteiger partial charge is 0.0475 e. The standard InChI is InChI=1S/C18H31N3/c1-6-17(18(19-4)16-10-8-7-9-11-16)21-12-14(2)20(5)15(3)13-21/h7-11,14-15,17-19H,6,12-13H2,1-5H3. The number of benzene rings is 1. The molecule has 1 fully saturated rings. The van der Waals surface area contributed by atoms with Gasteiger partial charge in [-0.1, -0.05) is 37.3 Å². The predicted octanol–water partition coefficient (Wildman–Crippen LogP) is 2.75. The molecule has 118 valence electrons. The second-order valence-electron chi connectivity index (χ2n) is 6.47. The summed E-state index contributed by atoms with van der Waals surface area (Å²) in [5, 5.41) is 3.55. The molecule has 1 aromatic rings. The Balaban J connectivity index is 2.18.